The Morgan fingerprint density at radius 3 is 2.22 bits per heavy atom. The average molecular weight is 573 g/mol. The molecule has 4 rings (SSSR count). The number of hydrogen-bond acceptors (Lipinski definition) is 8. The van der Waals surface area contributed by atoms with E-state index in [0.29, 0.717) is 23.9 Å². The molecule has 1 radical (unpaired) electrons. The zero-order valence-electron chi connectivity index (χ0n) is 25.9. The molecule has 0 aliphatic carbocycles. The van der Waals surface area contributed by atoms with Crippen LogP contribution in [-0.2, 0) is 4.43 Å². The fraction of sp³-hybridized carbons (Fsp3) is 0.438. The van der Waals surface area contributed by atoms with Crippen LogP contribution in [0.25, 0.3) is 33.9 Å². The van der Waals surface area contributed by atoms with Gasteiger partial charge in [0.1, 0.15) is 24.4 Å². The summed E-state index contributed by atoms with van der Waals surface area (Å²) in [5.41, 5.74) is 4.65. The highest BCUT2D eigenvalue weighted by Gasteiger charge is 2.40. The standard InChI is InChI=1S/C32H42N5O3Si/c1-21-29(22(2)39-37-21)28-15-27(24-17-33-20-34-18-24)35-30(36-28)23-12-11-13-25(14-23)38-19-26(16-31(3,4)5)40-41(9,10)32(6,7)8/h11-18,20,26H,19H2,1-10H3. The zero-order chi connectivity index (χ0) is 30.0. The van der Waals surface area contributed by atoms with Crippen LogP contribution in [0.2, 0.25) is 18.1 Å². The maximum atomic E-state index is 6.77. The van der Waals surface area contributed by atoms with Crippen LogP contribution in [0.15, 0.2) is 53.6 Å². The van der Waals surface area contributed by atoms with Crippen molar-refractivity contribution in [2.75, 3.05) is 6.61 Å². The van der Waals surface area contributed by atoms with Gasteiger partial charge in [0, 0.05) is 23.5 Å². The van der Waals surface area contributed by atoms with Crippen LogP contribution in [0.4, 0.5) is 0 Å². The summed E-state index contributed by atoms with van der Waals surface area (Å²) >= 11 is 0. The Balaban J connectivity index is 1.66. The lowest BCUT2D eigenvalue weighted by Crippen LogP contribution is -2.46. The molecule has 0 amide bonds. The number of benzene rings is 1. The molecule has 1 atom stereocenters. The normalized spacial score (nSPS) is 13.3. The Morgan fingerprint density at radius 1 is 0.927 bits per heavy atom. The largest absolute Gasteiger partial charge is 0.491 e. The summed E-state index contributed by atoms with van der Waals surface area (Å²) in [6.45, 7) is 22.1. The Hall–Kier alpha value is -3.43. The predicted molar refractivity (Wildman–Crippen MR) is 165 cm³/mol. The Labute approximate surface area is 245 Å². The number of rotatable bonds is 9. The first kappa shape index (κ1) is 30.5. The van der Waals surface area contributed by atoms with Crippen LogP contribution < -0.4 is 4.74 Å². The zero-order valence-corrected chi connectivity index (χ0v) is 26.9. The first-order valence-corrected chi connectivity index (χ1v) is 16.9. The second-order valence-corrected chi connectivity index (χ2v) is 17.8. The first-order chi connectivity index (χ1) is 19.1. The molecule has 0 spiro atoms. The van der Waals surface area contributed by atoms with Gasteiger partial charge in [0.25, 0.3) is 0 Å². The van der Waals surface area contributed by atoms with Gasteiger partial charge in [-0.1, -0.05) is 58.8 Å². The SMILES string of the molecule is Cc1noc(C)c1-c1cc(-c2cncnc2)nc(-c2cccc(OCC([CH]C(C)(C)C)O[Si](C)(C)C(C)(C)C)c2)n1. The molecule has 0 N–H and O–H groups in total. The van der Waals surface area contributed by atoms with Crippen molar-refractivity contribution in [3.63, 3.8) is 0 Å². The molecule has 0 bridgehead atoms. The summed E-state index contributed by atoms with van der Waals surface area (Å²) in [5, 5.41) is 4.22. The highest BCUT2D eigenvalue weighted by Crippen LogP contribution is 2.39. The minimum atomic E-state index is -2.00. The molecule has 8 nitrogen and oxygen atoms in total. The van der Waals surface area contributed by atoms with Gasteiger partial charge in [-0.25, -0.2) is 19.9 Å². The van der Waals surface area contributed by atoms with Gasteiger partial charge in [-0.05, 0) is 62.0 Å². The van der Waals surface area contributed by atoms with Crippen LogP contribution in [0.3, 0.4) is 0 Å². The molecular weight excluding hydrogens is 530 g/mol. The summed E-state index contributed by atoms with van der Waals surface area (Å²) in [7, 11) is -2.00. The summed E-state index contributed by atoms with van der Waals surface area (Å²) < 4.78 is 18.6. The maximum Gasteiger partial charge on any atom is 0.192 e. The van der Waals surface area contributed by atoms with E-state index in [4.69, 9.17) is 23.7 Å². The smallest absolute Gasteiger partial charge is 0.192 e. The fourth-order valence-corrected chi connectivity index (χ4v) is 5.51. The average Bonchev–Trinajstić information content (AvgIpc) is 3.23. The molecule has 3 aromatic heterocycles. The Morgan fingerprint density at radius 2 is 1.61 bits per heavy atom. The van der Waals surface area contributed by atoms with E-state index >= 15 is 0 Å². The van der Waals surface area contributed by atoms with Crippen LogP contribution in [0.5, 0.6) is 5.75 Å². The van der Waals surface area contributed by atoms with E-state index in [1.54, 1.807) is 12.4 Å². The molecule has 0 aliphatic rings. The lowest BCUT2D eigenvalue weighted by molar-refractivity contribution is 0.121. The van der Waals surface area contributed by atoms with E-state index in [-0.39, 0.29) is 16.6 Å². The molecule has 9 heteroatoms. The lowest BCUT2D eigenvalue weighted by Gasteiger charge is -2.40. The van der Waals surface area contributed by atoms with Gasteiger partial charge in [0.2, 0.25) is 0 Å². The molecule has 4 aromatic rings. The first-order valence-electron chi connectivity index (χ1n) is 14.0. The van der Waals surface area contributed by atoms with Crippen LogP contribution in [-0.4, -0.2) is 46.1 Å². The summed E-state index contributed by atoms with van der Waals surface area (Å²) in [4.78, 5) is 18.2. The van der Waals surface area contributed by atoms with Gasteiger partial charge in [-0.15, -0.1) is 0 Å². The fourth-order valence-electron chi connectivity index (χ4n) is 4.26. The van der Waals surface area contributed by atoms with Gasteiger partial charge in [0.05, 0.1) is 28.7 Å². The Bertz CT molecular complexity index is 1450. The predicted octanol–water partition coefficient (Wildman–Crippen LogP) is 7.89. The summed E-state index contributed by atoms with van der Waals surface area (Å²) in [6.07, 6.45) is 7.10. The second-order valence-electron chi connectivity index (χ2n) is 13.1. The molecule has 0 fully saturated rings. The molecule has 0 aliphatic heterocycles. The number of aryl methyl sites for hydroxylation is 2. The molecule has 41 heavy (non-hydrogen) atoms. The molecule has 217 valence electrons. The minimum absolute atomic E-state index is 0.0116. The van der Waals surface area contributed by atoms with Crippen molar-refractivity contribution in [2.45, 2.75) is 79.6 Å². The Kier molecular flexibility index (Phi) is 8.80. The molecular formula is C32H42N5O3Si. The molecule has 0 saturated heterocycles. The van der Waals surface area contributed by atoms with Crippen molar-refractivity contribution in [1.29, 1.82) is 0 Å². The molecule has 0 saturated carbocycles. The number of hydrogen-bond donors (Lipinski definition) is 0. The van der Waals surface area contributed by atoms with E-state index in [9.17, 15) is 0 Å². The second kappa shape index (κ2) is 11.8. The van der Waals surface area contributed by atoms with Crippen molar-refractivity contribution in [3.05, 3.63) is 66.9 Å². The van der Waals surface area contributed by atoms with Crippen LogP contribution in [0.1, 0.15) is 53.0 Å². The van der Waals surface area contributed by atoms with Crippen molar-refractivity contribution < 1.29 is 13.7 Å². The van der Waals surface area contributed by atoms with E-state index in [1.165, 1.54) is 6.33 Å². The van der Waals surface area contributed by atoms with Gasteiger partial charge >= 0.3 is 0 Å². The van der Waals surface area contributed by atoms with Crippen molar-refractivity contribution in [2.24, 2.45) is 5.41 Å². The van der Waals surface area contributed by atoms with Crippen molar-refractivity contribution in [3.8, 4) is 39.7 Å². The highest BCUT2D eigenvalue weighted by molar-refractivity contribution is 6.74. The minimum Gasteiger partial charge on any atom is -0.491 e. The summed E-state index contributed by atoms with van der Waals surface area (Å²) in [6, 6.07) is 9.78. The van der Waals surface area contributed by atoms with E-state index in [0.717, 1.165) is 33.8 Å². The summed E-state index contributed by atoms with van der Waals surface area (Å²) in [5.74, 6) is 1.98. The third kappa shape index (κ3) is 7.65. The lowest BCUT2D eigenvalue weighted by atomic mass is 9.89. The van der Waals surface area contributed by atoms with Crippen LogP contribution >= 0.6 is 0 Å². The molecule has 3 heterocycles. The van der Waals surface area contributed by atoms with Gasteiger partial charge in [0.15, 0.2) is 14.1 Å². The molecule has 1 unspecified atom stereocenters. The highest BCUT2D eigenvalue weighted by atomic mass is 28.4. The van der Waals surface area contributed by atoms with E-state index < -0.39 is 8.32 Å². The quantitative estimate of drug-likeness (QED) is 0.187. The monoisotopic (exact) mass is 572 g/mol. The number of ether oxygens (including phenoxy) is 1. The third-order valence-electron chi connectivity index (χ3n) is 7.32. The van der Waals surface area contributed by atoms with Gasteiger partial charge < -0.3 is 13.7 Å². The topological polar surface area (TPSA) is 96.1 Å². The molecule has 1 aromatic carbocycles. The number of aromatic nitrogens is 5. The van der Waals surface area contributed by atoms with Crippen molar-refractivity contribution >= 4 is 8.32 Å². The van der Waals surface area contributed by atoms with E-state index in [2.05, 4.69) is 76.2 Å². The number of nitrogens with zero attached hydrogens (tertiary/aromatic N) is 5. The van der Waals surface area contributed by atoms with Crippen LogP contribution in [0, 0.1) is 25.7 Å². The third-order valence-corrected chi connectivity index (χ3v) is 11.8. The maximum absolute atomic E-state index is 6.77. The van der Waals surface area contributed by atoms with Gasteiger partial charge in [-0.2, -0.15) is 0 Å². The van der Waals surface area contributed by atoms with Crippen molar-refractivity contribution in [1.82, 2.24) is 25.1 Å². The van der Waals surface area contributed by atoms with E-state index in [1.807, 2.05) is 44.2 Å². The van der Waals surface area contributed by atoms with Gasteiger partial charge in [-0.3, -0.25) is 0 Å².